The number of pyridine rings is 2. The first-order valence-corrected chi connectivity index (χ1v) is 5.28. The molecule has 2 rings (SSSR count). The SMILES string of the molecule is CCn1ccc2nc(C)c(C(=O)O)cc2c1=O. The Bertz CT molecular complexity index is 659. The van der Waals surface area contributed by atoms with E-state index in [1.165, 1.54) is 10.6 Å². The maximum atomic E-state index is 12.0. The Morgan fingerprint density at radius 2 is 2.24 bits per heavy atom. The molecule has 0 saturated carbocycles. The summed E-state index contributed by atoms with van der Waals surface area (Å²) in [5.74, 6) is -1.07. The normalized spacial score (nSPS) is 10.7. The molecule has 17 heavy (non-hydrogen) atoms. The van der Waals surface area contributed by atoms with Crippen molar-refractivity contribution in [2.45, 2.75) is 20.4 Å². The van der Waals surface area contributed by atoms with Crippen molar-refractivity contribution in [3.8, 4) is 0 Å². The van der Waals surface area contributed by atoms with Crippen LogP contribution in [0.4, 0.5) is 0 Å². The maximum absolute atomic E-state index is 12.0. The fourth-order valence-corrected chi connectivity index (χ4v) is 1.77. The Hall–Kier alpha value is -2.17. The summed E-state index contributed by atoms with van der Waals surface area (Å²) in [7, 11) is 0. The number of rotatable bonds is 2. The van der Waals surface area contributed by atoms with Gasteiger partial charge in [-0.25, -0.2) is 4.79 Å². The minimum Gasteiger partial charge on any atom is -0.478 e. The van der Waals surface area contributed by atoms with Crippen LogP contribution in [0.25, 0.3) is 10.9 Å². The Morgan fingerprint density at radius 3 is 2.82 bits per heavy atom. The summed E-state index contributed by atoms with van der Waals surface area (Å²) in [6, 6.07) is 3.12. The average molecular weight is 232 g/mol. The van der Waals surface area contributed by atoms with Gasteiger partial charge in [0.1, 0.15) is 0 Å². The molecular weight excluding hydrogens is 220 g/mol. The lowest BCUT2D eigenvalue weighted by Crippen LogP contribution is -2.19. The van der Waals surface area contributed by atoms with Crippen LogP contribution in [0.1, 0.15) is 23.0 Å². The second-order valence-electron chi connectivity index (χ2n) is 3.77. The molecule has 5 nitrogen and oxygen atoms in total. The van der Waals surface area contributed by atoms with E-state index in [1.54, 1.807) is 19.2 Å². The van der Waals surface area contributed by atoms with Gasteiger partial charge in [0.05, 0.1) is 22.2 Å². The second-order valence-corrected chi connectivity index (χ2v) is 3.77. The Morgan fingerprint density at radius 1 is 1.53 bits per heavy atom. The molecule has 1 N–H and O–H groups in total. The monoisotopic (exact) mass is 232 g/mol. The highest BCUT2D eigenvalue weighted by molar-refractivity contribution is 5.93. The van der Waals surface area contributed by atoms with Gasteiger partial charge in [-0.15, -0.1) is 0 Å². The molecule has 0 atom stereocenters. The zero-order valence-corrected chi connectivity index (χ0v) is 9.60. The van der Waals surface area contributed by atoms with E-state index in [-0.39, 0.29) is 11.1 Å². The van der Waals surface area contributed by atoms with E-state index in [0.29, 0.717) is 23.1 Å². The van der Waals surface area contributed by atoms with Crippen LogP contribution in [0.3, 0.4) is 0 Å². The van der Waals surface area contributed by atoms with Crippen molar-refractivity contribution in [3.63, 3.8) is 0 Å². The van der Waals surface area contributed by atoms with E-state index in [0.717, 1.165) is 0 Å². The van der Waals surface area contributed by atoms with E-state index in [1.807, 2.05) is 6.92 Å². The average Bonchev–Trinajstić information content (AvgIpc) is 2.28. The Balaban J connectivity index is 2.86. The molecule has 0 amide bonds. The van der Waals surface area contributed by atoms with Gasteiger partial charge in [-0.2, -0.15) is 0 Å². The topological polar surface area (TPSA) is 72.2 Å². The number of aromatic carboxylic acids is 1. The molecule has 0 aromatic carbocycles. The third-order valence-electron chi connectivity index (χ3n) is 2.72. The molecular formula is C12H12N2O3. The molecule has 0 bridgehead atoms. The van der Waals surface area contributed by atoms with Gasteiger partial charge in [-0.05, 0) is 26.0 Å². The van der Waals surface area contributed by atoms with Crippen molar-refractivity contribution >= 4 is 16.9 Å². The zero-order chi connectivity index (χ0) is 12.6. The molecule has 0 radical (unpaired) electrons. The predicted molar refractivity (Wildman–Crippen MR) is 63.4 cm³/mol. The largest absolute Gasteiger partial charge is 0.478 e. The number of hydrogen-bond acceptors (Lipinski definition) is 3. The standard InChI is InChI=1S/C12H12N2O3/c1-3-14-5-4-10-9(11(14)15)6-8(12(16)17)7(2)13-10/h4-6H,3H2,1-2H3,(H,16,17). The molecule has 0 saturated heterocycles. The van der Waals surface area contributed by atoms with Crippen molar-refractivity contribution in [2.75, 3.05) is 0 Å². The molecule has 0 aliphatic carbocycles. The third-order valence-corrected chi connectivity index (χ3v) is 2.72. The number of fused-ring (bicyclic) bond motifs is 1. The lowest BCUT2D eigenvalue weighted by molar-refractivity contribution is 0.0696. The maximum Gasteiger partial charge on any atom is 0.337 e. The first kappa shape index (κ1) is 11.3. The van der Waals surface area contributed by atoms with Crippen molar-refractivity contribution in [3.05, 3.63) is 39.9 Å². The fourth-order valence-electron chi connectivity index (χ4n) is 1.77. The number of hydrogen-bond donors (Lipinski definition) is 1. The summed E-state index contributed by atoms with van der Waals surface area (Å²) in [5, 5.41) is 9.34. The van der Waals surface area contributed by atoms with Crippen LogP contribution < -0.4 is 5.56 Å². The molecule has 2 heterocycles. The summed E-state index contributed by atoms with van der Waals surface area (Å²) in [4.78, 5) is 27.1. The summed E-state index contributed by atoms with van der Waals surface area (Å²) >= 11 is 0. The van der Waals surface area contributed by atoms with Crippen LogP contribution in [-0.4, -0.2) is 20.6 Å². The van der Waals surface area contributed by atoms with E-state index in [4.69, 9.17) is 5.11 Å². The van der Waals surface area contributed by atoms with Gasteiger partial charge in [-0.1, -0.05) is 0 Å². The van der Waals surface area contributed by atoms with E-state index < -0.39 is 5.97 Å². The second kappa shape index (κ2) is 4.01. The fraction of sp³-hybridized carbons (Fsp3) is 0.250. The molecule has 0 aliphatic heterocycles. The minimum atomic E-state index is -1.07. The van der Waals surface area contributed by atoms with Gasteiger partial charge in [-0.3, -0.25) is 9.78 Å². The first-order chi connectivity index (χ1) is 8.04. The van der Waals surface area contributed by atoms with Crippen LogP contribution in [0.5, 0.6) is 0 Å². The highest BCUT2D eigenvalue weighted by Gasteiger charge is 2.12. The van der Waals surface area contributed by atoms with Gasteiger partial charge in [0.25, 0.3) is 5.56 Å². The predicted octanol–water partition coefficient (Wildman–Crippen LogP) is 1.42. The van der Waals surface area contributed by atoms with E-state index >= 15 is 0 Å². The molecule has 5 heteroatoms. The van der Waals surface area contributed by atoms with Crippen molar-refractivity contribution < 1.29 is 9.90 Å². The summed E-state index contributed by atoms with van der Waals surface area (Å²) in [6.07, 6.45) is 1.66. The van der Waals surface area contributed by atoms with Crippen molar-refractivity contribution in [1.82, 2.24) is 9.55 Å². The van der Waals surface area contributed by atoms with E-state index in [2.05, 4.69) is 4.98 Å². The minimum absolute atomic E-state index is 0.0726. The molecule has 88 valence electrons. The Labute approximate surface area is 97.3 Å². The van der Waals surface area contributed by atoms with Gasteiger partial charge < -0.3 is 9.67 Å². The van der Waals surface area contributed by atoms with E-state index in [9.17, 15) is 9.59 Å². The smallest absolute Gasteiger partial charge is 0.337 e. The number of carboxylic acid groups (broad SMARTS) is 1. The highest BCUT2D eigenvalue weighted by atomic mass is 16.4. The summed E-state index contributed by atoms with van der Waals surface area (Å²) in [5.41, 5.74) is 0.810. The summed E-state index contributed by atoms with van der Waals surface area (Å²) in [6.45, 7) is 4.02. The van der Waals surface area contributed by atoms with Crippen LogP contribution in [0.2, 0.25) is 0 Å². The lowest BCUT2D eigenvalue weighted by atomic mass is 10.1. The van der Waals surface area contributed by atoms with Crippen molar-refractivity contribution in [1.29, 1.82) is 0 Å². The first-order valence-electron chi connectivity index (χ1n) is 5.28. The number of carboxylic acids is 1. The van der Waals surface area contributed by atoms with Crippen LogP contribution in [0, 0.1) is 6.92 Å². The molecule has 0 aliphatic rings. The molecule has 2 aromatic heterocycles. The van der Waals surface area contributed by atoms with Gasteiger partial charge in [0.15, 0.2) is 0 Å². The number of aryl methyl sites for hydroxylation is 2. The van der Waals surface area contributed by atoms with Crippen LogP contribution >= 0.6 is 0 Å². The molecule has 2 aromatic rings. The molecule has 0 spiro atoms. The summed E-state index contributed by atoms with van der Waals surface area (Å²) < 4.78 is 1.52. The third kappa shape index (κ3) is 1.80. The van der Waals surface area contributed by atoms with Gasteiger partial charge >= 0.3 is 5.97 Å². The van der Waals surface area contributed by atoms with Gasteiger partial charge in [0.2, 0.25) is 0 Å². The lowest BCUT2D eigenvalue weighted by Gasteiger charge is -2.06. The highest BCUT2D eigenvalue weighted by Crippen LogP contribution is 2.13. The molecule has 0 unspecified atom stereocenters. The Kier molecular flexibility index (Phi) is 2.67. The number of aromatic nitrogens is 2. The zero-order valence-electron chi connectivity index (χ0n) is 9.60. The quantitative estimate of drug-likeness (QED) is 0.850. The number of nitrogens with zero attached hydrogens (tertiary/aromatic N) is 2. The molecule has 0 fully saturated rings. The van der Waals surface area contributed by atoms with Gasteiger partial charge in [0, 0.05) is 12.7 Å². The van der Waals surface area contributed by atoms with Crippen molar-refractivity contribution in [2.24, 2.45) is 0 Å². The number of carbonyl (C=O) groups is 1. The van der Waals surface area contributed by atoms with Crippen LogP contribution in [-0.2, 0) is 6.54 Å². The van der Waals surface area contributed by atoms with Crippen LogP contribution in [0.15, 0.2) is 23.1 Å².